The number of rotatable bonds is 9. The highest BCUT2D eigenvalue weighted by Crippen LogP contribution is 2.51. The molecule has 14 rings (SSSR count). The predicted molar refractivity (Wildman–Crippen MR) is 307 cm³/mol. The van der Waals surface area contributed by atoms with Crippen molar-refractivity contribution < 1.29 is 0 Å². The number of fused-ring (bicyclic) bond motifs is 10. The van der Waals surface area contributed by atoms with Crippen molar-refractivity contribution in [3.8, 4) is 27.9 Å². The molecule has 0 radical (unpaired) electrons. The van der Waals surface area contributed by atoms with Crippen molar-refractivity contribution in [3.63, 3.8) is 0 Å². The van der Waals surface area contributed by atoms with Gasteiger partial charge >= 0.3 is 0 Å². The fourth-order valence-electron chi connectivity index (χ4n) is 10.7. The highest BCUT2D eigenvalue weighted by atomic mass is 32.1. The van der Waals surface area contributed by atoms with Gasteiger partial charge in [-0.3, -0.25) is 0 Å². The molecule has 0 amide bonds. The molecular weight excluding hydrogens is 899 g/mol. The SMILES string of the molecule is c1ccc(-c2ccc(N(c3ccccc3)c3cc(-c4cc5c6ccccc6n(-c6ccccc6)c5c5sc6ccccc6c45)cc(N(c4ccccc4)c4ccc5c(c4)sc4ccccc45)c3)cc2)cc1. The smallest absolute Gasteiger partial charge is 0.0720 e. The molecule has 0 atom stereocenters. The highest BCUT2D eigenvalue weighted by molar-refractivity contribution is 7.27. The van der Waals surface area contributed by atoms with Crippen LogP contribution in [0.4, 0.5) is 34.1 Å². The quantitative estimate of drug-likeness (QED) is 0.143. The van der Waals surface area contributed by atoms with E-state index in [2.05, 4.69) is 275 Å². The topological polar surface area (TPSA) is 11.4 Å². The summed E-state index contributed by atoms with van der Waals surface area (Å²) in [4.78, 5) is 4.87. The van der Waals surface area contributed by atoms with Gasteiger partial charge in [0.15, 0.2) is 0 Å². The van der Waals surface area contributed by atoms with Crippen LogP contribution < -0.4 is 9.80 Å². The summed E-state index contributed by atoms with van der Waals surface area (Å²) in [5.74, 6) is 0. The molecule has 0 N–H and O–H groups in total. The van der Waals surface area contributed by atoms with Gasteiger partial charge < -0.3 is 14.4 Å². The molecule has 0 saturated carbocycles. The monoisotopic (exact) mass is 941 g/mol. The third-order valence-corrected chi connectivity index (χ3v) is 16.2. The molecule has 0 bridgehead atoms. The molecule has 0 spiro atoms. The van der Waals surface area contributed by atoms with Crippen LogP contribution in [0.1, 0.15) is 0 Å². The van der Waals surface area contributed by atoms with E-state index in [1.807, 2.05) is 22.7 Å². The predicted octanol–water partition coefficient (Wildman–Crippen LogP) is 19.8. The van der Waals surface area contributed by atoms with Crippen molar-refractivity contribution >= 4 is 119 Å². The zero-order chi connectivity index (χ0) is 46.8. The average Bonchev–Trinajstić information content (AvgIpc) is 4.12. The first-order chi connectivity index (χ1) is 35.2. The van der Waals surface area contributed by atoms with Crippen molar-refractivity contribution in [3.05, 3.63) is 261 Å². The lowest BCUT2D eigenvalue weighted by Gasteiger charge is -2.30. The van der Waals surface area contributed by atoms with Crippen LogP contribution in [0.5, 0.6) is 0 Å². The molecule has 0 aliphatic heterocycles. The largest absolute Gasteiger partial charge is 0.310 e. The van der Waals surface area contributed by atoms with E-state index in [9.17, 15) is 0 Å². The Morgan fingerprint density at radius 1 is 0.296 bits per heavy atom. The summed E-state index contributed by atoms with van der Waals surface area (Å²) in [5, 5.41) is 7.56. The van der Waals surface area contributed by atoms with Gasteiger partial charge in [-0.2, -0.15) is 0 Å². The van der Waals surface area contributed by atoms with Crippen LogP contribution in [0.2, 0.25) is 0 Å². The number of aromatic nitrogens is 1. The Hall–Kier alpha value is -8.74. The minimum Gasteiger partial charge on any atom is -0.310 e. The van der Waals surface area contributed by atoms with E-state index < -0.39 is 0 Å². The second-order valence-corrected chi connectivity index (χ2v) is 20.2. The molecule has 0 aliphatic carbocycles. The van der Waals surface area contributed by atoms with Crippen LogP contribution in [0, 0.1) is 0 Å². The number of nitrogens with zero attached hydrogens (tertiary/aromatic N) is 3. The summed E-state index contributed by atoms with van der Waals surface area (Å²) < 4.78 is 7.58. The van der Waals surface area contributed by atoms with E-state index in [-0.39, 0.29) is 0 Å². The molecule has 0 fully saturated rings. The summed E-state index contributed by atoms with van der Waals surface area (Å²) in [6.45, 7) is 0. The molecule has 0 aliphatic rings. The fourth-order valence-corrected chi connectivity index (χ4v) is 13.2. The molecule has 0 saturated heterocycles. The van der Waals surface area contributed by atoms with Gasteiger partial charge in [0.25, 0.3) is 0 Å². The Morgan fingerprint density at radius 2 is 0.803 bits per heavy atom. The zero-order valence-electron chi connectivity index (χ0n) is 38.5. The number of anilines is 6. The Kier molecular flexibility index (Phi) is 9.90. The maximum absolute atomic E-state index is 2.49. The third kappa shape index (κ3) is 7.00. The van der Waals surface area contributed by atoms with E-state index in [0.29, 0.717) is 0 Å². The number of hydrogen-bond donors (Lipinski definition) is 0. The van der Waals surface area contributed by atoms with Gasteiger partial charge in [0.2, 0.25) is 0 Å². The van der Waals surface area contributed by atoms with Crippen LogP contribution in [0.15, 0.2) is 261 Å². The van der Waals surface area contributed by atoms with Crippen LogP contribution in [-0.4, -0.2) is 4.57 Å². The lowest BCUT2D eigenvalue weighted by Crippen LogP contribution is -2.13. The lowest BCUT2D eigenvalue weighted by atomic mass is 9.95. The van der Waals surface area contributed by atoms with Crippen LogP contribution in [-0.2, 0) is 0 Å². The first-order valence-electron chi connectivity index (χ1n) is 24.1. The molecule has 71 heavy (non-hydrogen) atoms. The van der Waals surface area contributed by atoms with E-state index >= 15 is 0 Å². The summed E-state index contributed by atoms with van der Waals surface area (Å²) >= 11 is 3.75. The van der Waals surface area contributed by atoms with E-state index in [1.165, 1.54) is 78.8 Å². The first-order valence-corrected chi connectivity index (χ1v) is 25.7. The zero-order valence-corrected chi connectivity index (χ0v) is 40.1. The van der Waals surface area contributed by atoms with Crippen LogP contribution in [0.3, 0.4) is 0 Å². The third-order valence-electron chi connectivity index (χ3n) is 13.9. The Balaban J connectivity index is 1.08. The molecular formula is C66H43N3S2. The number of benzene rings is 11. The maximum atomic E-state index is 2.49. The Labute approximate surface area is 419 Å². The second kappa shape index (κ2) is 17.0. The molecule has 0 unspecified atom stereocenters. The van der Waals surface area contributed by atoms with Crippen LogP contribution in [0.25, 0.3) is 90.1 Å². The molecule has 334 valence electrons. The van der Waals surface area contributed by atoms with Crippen LogP contribution >= 0.6 is 22.7 Å². The molecule has 5 heteroatoms. The van der Waals surface area contributed by atoms with Crippen molar-refractivity contribution in [2.75, 3.05) is 9.80 Å². The molecule has 14 aromatic rings. The maximum Gasteiger partial charge on any atom is 0.0720 e. The van der Waals surface area contributed by atoms with Crippen molar-refractivity contribution in [1.29, 1.82) is 0 Å². The summed E-state index contributed by atoms with van der Waals surface area (Å²) in [7, 11) is 0. The lowest BCUT2D eigenvalue weighted by molar-refractivity contribution is 1.19. The number of hydrogen-bond acceptors (Lipinski definition) is 4. The molecule has 3 nitrogen and oxygen atoms in total. The van der Waals surface area contributed by atoms with Gasteiger partial charge in [-0.15, -0.1) is 22.7 Å². The van der Waals surface area contributed by atoms with Gasteiger partial charge in [0, 0.05) is 86.2 Å². The summed E-state index contributed by atoms with van der Waals surface area (Å²) in [6.07, 6.45) is 0. The minimum atomic E-state index is 1.06. The number of thiophene rings is 2. The normalized spacial score (nSPS) is 11.7. The van der Waals surface area contributed by atoms with Crippen molar-refractivity contribution in [1.82, 2.24) is 4.57 Å². The first kappa shape index (κ1) is 41.3. The average molecular weight is 942 g/mol. The highest BCUT2D eigenvalue weighted by Gasteiger charge is 2.25. The summed E-state index contributed by atoms with van der Waals surface area (Å²) in [5.41, 5.74) is 14.7. The van der Waals surface area contributed by atoms with E-state index in [1.54, 1.807) is 0 Å². The molecule has 11 aromatic carbocycles. The Bertz CT molecular complexity index is 4270. The van der Waals surface area contributed by atoms with E-state index in [0.717, 1.165) is 45.4 Å². The molecule has 3 aromatic heterocycles. The van der Waals surface area contributed by atoms with Gasteiger partial charge in [-0.05, 0) is 125 Å². The fraction of sp³-hybridized carbons (Fsp3) is 0. The summed E-state index contributed by atoms with van der Waals surface area (Å²) in [6, 6.07) is 95.5. The van der Waals surface area contributed by atoms with Crippen molar-refractivity contribution in [2.45, 2.75) is 0 Å². The number of para-hydroxylation sites is 4. The minimum absolute atomic E-state index is 1.06. The van der Waals surface area contributed by atoms with Gasteiger partial charge in [-0.25, -0.2) is 0 Å². The van der Waals surface area contributed by atoms with Crippen molar-refractivity contribution in [2.24, 2.45) is 0 Å². The standard InChI is InChI=1S/C66H43N3S2/c1-5-19-44(20-6-1)45-33-35-50(36-34-45)67(47-21-7-2-8-22-47)52-39-46(40-53(41-52)68(48-23-9-3-10-24-48)51-37-38-56-55-28-14-17-31-61(55)70-63(56)42-51)58-43-59-54-27-13-16-30-60(54)69(49-25-11-4-12-26-49)65(59)66-64(58)57-29-15-18-32-62(57)71-66/h1-43H. The molecule has 3 heterocycles. The van der Waals surface area contributed by atoms with Gasteiger partial charge in [0.05, 0.1) is 15.7 Å². The van der Waals surface area contributed by atoms with Gasteiger partial charge in [-0.1, -0.05) is 158 Å². The Morgan fingerprint density at radius 3 is 1.49 bits per heavy atom. The van der Waals surface area contributed by atoms with Gasteiger partial charge in [0.1, 0.15) is 0 Å². The second-order valence-electron chi connectivity index (χ2n) is 18.1. The van der Waals surface area contributed by atoms with E-state index in [4.69, 9.17) is 0 Å².